The number of aliphatic imine (C=N–C) groups is 1. The molecule has 0 aliphatic carbocycles. The number of hydrogen-bond acceptors (Lipinski definition) is 3. The van der Waals surface area contributed by atoms with Crippen molar-refractivity contribution in [1.82, 2.24) is 20.0 Å². The Morgan fingerprint density at radius 1 is 1.35 bits per heavy atom. The molecule has 0 radical (unpaired) electrons. The molecule has 2 rings (SSSR count). The monoisotopic (exact) mass is 315 g/mol. The van der Waals surface area contributed by atoms with E-state index in [9.17, 15) is 0 Å². The maximum atomic E-state index is 5.18. The first-order valence-corrected chi connectivity index (χ1v) is 7.66. The largest absolute Gasteiger partial charge is 0.497 e. The second-order valence-electron chi connectivity index (χ2n) is 5.46. The van der Waals surface area contributed by atoms with Crippen molar-refractivity contribution in [1.29, 1.82) is 0 Å². The third-order valence-corrected chi connectivity index (χ3v) is 3.54. The van der Waals surface area contributed by atoms with Crippen LogP contribution in [0, 0.1) is 6.92 Å². The van der Waals surface area contributed by atoms with Gasteiger partial charge in [0.1, 0.15) is 5.75 Å². The molecule has 0 fully saturated rings. The van der Waals surface area contributed by atoms with E-state index in [1.165, 1.54) is 11.1 Å². The smallest absolute Gasteiger partial charge is 0.193 e. The molecule has 1 aromatic carbocycles. The van der Waals surface area contributed by atoms with Gasteiger partial charge in [-0.15, -0.1) is 0 Å². The minimum atomic E-state index is 0.779. The molecule has 0 amide bonds. The SMILES string of the molecule is CN=C(NCCn1cc(C)cn1)N(C)Cc1ccc(OC)cc1. The highest BCUT2D eigenvalue weighted by Gasteiger charge is 2.06. The molecule has 0 unspecified atom stereocenters. The van der Waals surface area contributed by atoms with Crippen LogP contribution in [0.15, 0.2) is 41.7 Å². The van der Waals surface area contributed by atoms with Gasteiger partial charge in [0.25, 0.3) is 0 Å². The molecule has 0 atom stereocenters. The van der Waals surface area contributed by atoms with E-state index in [4.69, 9.17) is 4.74 Å². The van der Waals surface area contributed by atoms with Crippen LogP contribution in [0.5, 0.6) is 5.75 Å². The standard InChI is InChI=1S/C17H25N5O/c1-14-11-20-22(12-14)10-9-19-17(18-2)21(3)13-15-5-7-16(23-4)8-6-15/h5-8,11-12H,9-10,13H2,1-4H3,(H,18,19). The lowest BCUT2D eigenvalue weighted by molar-refractivity contribution is 0.414. The summed E-state index contributed by atoms with van der Waals surface area (Å²) in [5.41, 5.74) is 2.38. The number of ether oxygens (including phenoxy) is 1. The molecule has 0 saturated carbocycles. The van der Waals surface area contributed by atoms with Crippen LogP contribution in [0.4, 0.5) is 0 Å². The average molecular weight is 315 g/mol. The van der Waals surface area contributed by atoms with E-state index >= 15 is 0 Å². The van der Waals surface area contributed by atoms with Gasteiger partial charge in [-0.3, -0.25) is 9.67 Å². The van der Waals surface area contributed by atoms with Gasteiger partial charge in [-0.05, 0) is 30.2 Å². The molecule has 0 aliphatic rings. The van der Waals surface area contributed by atoms with Crippen molar-refractivity contribution in [2.24, 2.45) is 4.99 Å². The molecule has 0 spiro atoms. The molecule has 6 nitrogen and oxygen atoms in total. The minimum Gasteiger partial charge on any atom is -0.497 e. The molecule has 0 aliphatic heterocycles. The second-order valence-corrected chi connectivity index (χ2v) is 5.46. The summed E-state index contributed by atoms with van der Waals surface area (Å²) in [6.07, 6.45) is 3.90. The summed E-state index contributed by atoms with van der Waals surface area (Å²) in [6.45, 7) is 4.41. The summed E-state index contributed by atoms with van der Waals surface area (Å²) in [6, 6.07) is 8.07. The van der Waals surface area contributed by atoms with Gasteiger partial charge in [-0.1, -0.05) is 12.1 Å². The molecule has 23 heavy (non-hydrogen) atoms. The Hall–Kier alpha value is -2.50. The maximum Gasteiger partial charge on any atom is 0.193 e. The molecule has 0 bridgehead atoms. The third-order valence-electron chi connectivity index (χ3n) is 3.54. The molecular weight excluding hydrogens is 290 g/mol. The van der Waals surface area contributed by atoms with Gasteiger partial charge in [0.2, 0.25) is 0 Å². The van der Waals surface area contributed by atoms with Crippen molar-refractivity contribution in [2.45, 2.75) is 20.0 Å². The fourth-order valence-electron chi connectivity index (χ4n) is 2.34. The first kappa shape index (κ1) is 16.9. The van der Waals surface area contributed by atoms with Gasteiger partial charge in [0.15, 0.2) is 5.96 Å². The van der Waals surface area contributed by atoms with Gasteiger partial charge in [0, 0.05) is 33.4 Å². The molecule has 0 saturated heterocycles. The highest BCUT2D eigenvalue weighted by Crippen LogP contribution is 2.12. The highest BCUT2D eigenvalue weighted by molar-refractivity contribution is 5.79. The number of nitrogens with zero attached hydrogens (tertiary/aromatic N) is 4. The van der Waals surface area contributed by atoms with E-state index < -0.39 is 0 Å². The lowest BCUT2D eigenvalue weighted by Gasteiger charge is -2.22. The van der Waals surface area contributed by atoms with E-state index in [2.05, 4.69) is 32.4 Å². The average Bonchev–Trinajstić information content (AvgIpc) is 2.97. The Bertz CT molecular complexity index is 633. The van der Waals surface area contributed by atoms with Crippen LogP contribution in [-0.2, 0) is 13.1 Å². The Morgan fingerprint density at radius 3 is 2.65 bits per heavy atom. The summed E-state index contributed by atoms with van der Waals surface area (Å²) in [5.74, 6) is 1.73. The summed E-state index contributed by atoms with van der Waals surface area (Å²) < 4.78 is 7.11. The van der Waals surface area contributed by atoms with Crippen molar-refractivity contribution in [3.63, 3.8) is 0 Å². The van der Waals surface area contributed by atoms with Gasteiger partial charge in [-0.2, -0.15) is 5.10 Å². The molecule has 1 heterocycles. The van der Waals surface area contributed by atoms with E-state index in [-0.39, 0.29) is 0 Å². The Morgan fingerprint density at radius 2 is 2.09 bits per heavy atom. The summed E-state index contributed by atoms with van der Waals surface area (Å²) in [5, 5.41) is 7.64. The first-order chi connectivity index (χ1) is 11.1. The van der Waals surface area contributed by atoms with Crippen molar-refractivity contribution in [2.75, 3.05) is 27.7 Å². The van der Waals surface area contributed by atoms with Gasteiger partial charge in [0.05, 0.1) is 19.9 Å². The number of guanidine groups is 1. The number of methoxy groups -OCH3 is 1. The van der Waals surface area contributed by atoms with Gasteiger partial charge < -0.3 is 15.0 Å². The Balaban J connectivity index is 1.84. The predicted octanol–water partition coefficient (Wildman–Crippen LogP) is 1.91. The van der Waals surface area contributed by atoms with Crippen molar-refractivity contribution >= 4 is 5.96 Å². The van der Waals surface area contributed by atoms with E-state index in [1.54, 1.807) is 14.2 Å². The second kappa shape index (κ2) is 8.22. The number of hydrogen-bond donors (Lipinski definition) is 1. The zero-order valence-electron chi connectivity index (χ0n) is 14.3. The highest BCUT2D eigenvalue weighted by atomic mass is 16.5. The van der Waals surface area contributed by atoms with E-state index in [0.717, 1.165) is 31.3 Å². The minimum absolute atomic E-state index is 0.779. The maximum absolute atomic E-state index is 5.18. The molecular formula is C17H25N5O. The van der Waals surface area contributed by atoms with E-state index in [0.29, 0.717) is 0 Å². The fourth-order valence-corrected chi connectivity index (χ4v) is 2.34. The molecule has 124 valence electrons. The van der Waals surface area contributed by atoms with Crippen LogP contribution >= 0.6 is 0 Å². The fraction of sp³-hybridized carbons (Fsp3) is 0.412. The third kappa shape index (κ3) is 5.02. The molecule has 6 heteroatoms. The Kier molecular flexibility index (Phi) is 6.02. The van der Waals surface area contributed by atoms with Crippen molar-refractivity contribution in [3.8, 4) is 5.75 Å². The number of rotatable bonds is 6. The predicted molar refractivity (Wildman–Crippen MR) is 92.8 cm³/mol. The molecule has 2 aromatic rings. The molecule has 1 aromatic heterocycles. The quantitative estimate of drug-likeness (QED) is 0.653. The Labute approximate surface area is 137 Å². The van der Waals surface area contributed by atoms with Crippen LogP contribution in [0.3, 0.4) is 0 Å². The van der Waals surface area contributed by atoms with Crippen LogP contribution in [0.2, 0.25) is 0 Å². The first-order valence-electron chi connectivity index (χ1n) is 7.66. The number of aromatic nitrogens is 2. The van der Waals surface area contributed by atoms with Crippen LogP contribution in [0.25, 0.3) is 0 Å². The van der Waals surface area contributed by atoms with Crippen molar-refractivity contribution < 1.29 is 4.74 Å². The van der Waals surface area contributed by atoms with Crippen LogP contribution in [0.1, 0.15) is 11.1 Å². The lowest BCUT2D eigenvalue weighted by Crippen LogP contribution is -2.39. The summed E-state index contributed by atoms with van der Waals surface area (Å²) >= 11 is 0. The zero-order valence-corrected chi connectivity index (χ0v) is 14.3. The number of benzene rings is 1. The zero-order chi connectivity index (χ0) is 16.7. The number of aryl methyl sites for hydroxylation is 1. The summed E-state index contributed by atoms with van der Waals surface area (Å²) in [4.78, 5) is 6.42. The van der Waals surface area contributed by atoms with Crippen molar-refractivity contribution in [3.05, 3.63) is 47.8 Å². The number of nitrogens with one attached hydrogen (secondary N) is 1. The van der Waals surface area contributed by atoms with Gasteiger partial charge >= 0.3 is 0 Å². The topological polar surface area (TPSA) is 54.7 Å². The summed E-state index contributed by atoms with van der Waals surface area (Å²) in [7, 11) is 5.50. The van der Waals surface area contributed by atoms with Gasteiger partial charge in [-0.25, -0.2) is 0 Å². The van der Waals surface area contributed by atoms with E-state index in [1.807, 2.05) is 43.2 Å². The lowest BCUT2D eigenvalue weighted by atomic mass is 10.2. The van der Waals surface area contributed by atoms with Crippen LogP contribution in [-0.4, -0.2) is 48.4 Å². The molecule has 1 N–H and O–H groups in total. The van der Waals surface area contributed by atoms with Crippen LogP contribution < -0.4 is 10.1 Å². The normalized spacial score (nSPS) is 11.4.